The number of carbonyl (C=O) groups excluding carboxylic acids is 1. The van der Waals surface area contributed by atoms with Crippen molar-refractivity contribution >= 4 is 21.7 Å². The van der Waals surface area contributed by atoms with Crippen LogP contribution >= 0.6 is 15.9 Å². The number of benzene rings is 1. The quantitative estimate of drug-likeness (QED) is 0.808. The molecule has 0 aliphatic carbocycles. The number of halogens is 1. The fraction of sp³-hybridized carbons (Fsp3) is 0.267. The van der Waals surface area contributed by atoms with Crippen molar-refractivity contribution in [2.75, 3.05) is 0 Å². The second-order valence-corrected chi connectivity index (χ2v) is 5.41. The van der Waals surface area contributed by atoms with Gasteiger partial charge in [0.05, 0.1) is 17.3 Å². The van der Waals surface area contributed by atoms with Gasteiger partial charge in [-0.15, -0.1) is 0 Å². The van der Waals surface area contributed by atoms with Crippen molar-refractivity contribution in [2.45, 2.75) is 19.3 Å². The highest BCUT2D eigenvalue weighted by molar-refractivity contribution is 9.10. The van der Waals surface area contributed by atoms with E-state index in [0.717, 1.165) is 10.2 Å². The Morgan fingerprint density at radius 1 is 1.45 bits per heavy atom. The second kappa shape index (κ2) is 6.02. The van der Waals surface area contributed by atoms with Crippen molar-refractivity contribution in [2.24, 2.45) is 7.05 Å². The monoisotopic (exact) mass is 331 g/mol. The van der Waals surface area contributed by atoms with E-state index in [4.69, 9.17) is 0 Å². The van der Waals surface area contributed by atoms with Crippen LogP contribution in [-0.2, 0) is 13.5 Å². The van der Waals surface area contributed by atoms with E-state index in [2.05, 4.69) is 27.1 Å². The zero-order valence-corrected chi connectivity index (χ0v) is 12.9. The van der Waals surface area contributed by atoms with Crippen LogP contribution in [0.15, 0.2) is 34.9 Å². The Hall–Kier alpha value is -1.93. The van der Waals surface area contributed by atoms with Gasteiger partial charge in [0.15, 0.2) is 5.78 Å². The first-order valence-corrected chi connectivity index (χ1v) is 7.08. The molecule has 0 saturated heterocycles. The van der Waals surface area contributed by atoms with Crippen molar-refractivity contribution in [1.82, 2.24) is 9.78 Å². The van der Waals surface area contributed by atoms with Gasteiger partial charge >= 0.3 is 0 Å². The number of hydrogen-bond acceptors (Lipinski definition) is 3. The maximum Gasteiger partial charge on any atom is 0.187 e. The first-order valence-electron chi connectivity index (χ1n) is 6.28. The Balaban J connectivity index is 2.39. The minimum Gasteiger partial charge on any atom is -0.292 e. The average molecular weight is 332 g/mol. The van der Waals surface area contributed by atoms with Crippen LogP contribution in [-0.4, -0.2) is 15.6 Å². The Morgan fingerprint density at radius 2 is 2.10 bits per heavy atom. The van der Waals surface area contributed by atoms with Gasteiger partial charge in [0, 0.05) is 17.7 Å². The molecular formula is C15H14BrN3O. The Kier molecular flexibility index (Phi) is 4.35. The number of aryl methyl sites for hydroxylation is 2. The van der Waals surface area contributed by atoms with Gasteiger partial charge in [-0.3, -0.25) is 9.48 Å². The van der Waals surface area contributed by atoms with Crippen LogP contribution in [0.5, 0.6) is 0 Å². The molecule has 5 heteroatoms. The molecule has 0 aliphatic rings. The molecule has 0 spiro atoms. The third-order valence-corrected chi connectivity index (χ3v) is 3.63. The Bertz CT molecular complexity index is 667. The summed E-state index contributed by atoms with van der Waals surface area (Å²) in [6, 6.07) is 9.33. The van der Waals surface area contributed by atoms with Gasteiger partial charge in [0.25, 0.3) is 0 Å². The summed E-state index contributed by atoms with van der Waals surface area (Å²) >= 11 is 3.34. The van der Waals surface area contributed by atoms with Gasteiger partial charge in [0.2, 0.25) is 0 Å². The van der Waals surface area contributed by atoms with Crippen molar-refractivity contribution < 1.29 is 4.79 Å². The van der Waals surface area contributed by atoms with Gasteiger partial charge in [-0.05, 0) is 24.1 Å². The maximum absolute atomic E-state index is 12.6. The van der Waals surface area contributed by atoms with Crippen LogP contribution in [0.1, 0.15) is 34.5 Å². The molecule has 1 aromatic heterocycles. The lowest BCUT2D eigenvalue weighted by Crippen LogP contribution is -2.12. The highest BCUT2D eigenvalue weighted by atomic mass is 79.9. The molecule has 0 saturated carbocycles. The molecule has 1 atom stereocenters. The van der Waals surface area contributed by atoms with Crippen LogP contribution < -0.4 is 0 Å². The highest BCUT2D eigenvalue weighted by Gasteiger charge is 2.25. The maximum atomic E-state index is 12.6. The SMILES string of the molecule is CCc1nn(C)cc1C(=O)C(C#N)c1ccc(Br)cc1. The lowest BCUT2D eigenvalue weighted by Gasteiger charge is -2.08. The van der Waals surface area contributed by atoms with Crippen LogP contribution in [0.3, 0.4) is 0 Å². The summed E-state index contributed by atoms with van der Waals surface area (Å²) in [6.45, 7) is 1.94. The van der Waals surface area contributed by atoms with Crippen molar-refractivity contribution in [1.29, 1.82) is 5.26 Å². The molecule has 0 radical (unpaired) electrons. The molecule has 1 unspecified atom stereocenters. The van der Waals surface area contributed by atoms with Gasteiger partial charge in [-0.1, -0.05) is 35.0 Å². The van der Waals surface area contributed by atoms with Crippen molar-refractivity contribution in [3.8, 4) is 6.07 Å². The summed E-state index contributed by atoms with van der Waals surface area (Å²) < 4.78 is 2.53. The molecule has 102 valence electrons. The predicted molar refractivity (Wildman–Crippen MR) is 79.4 cm³/mol. The highest BCUT2D eigenvalue weighted by Crippen LogP contribution is 2.23. The van der Waals surface area contributed by atoms with Crippen LogP contribution in [0.2, 0.25) is 0 Å². The van der Waals surface area contributed by atoms with E-state index in [1.165, 1.54) is 0 Å². The number of aromatic nitrogens is 2. The number of nitrogens with zero attached hydrogens (tertiary/aromatic N) is 3. The third-order valence-electron chi connectivity index (χ3n) is 3.10. The Morgan fingerprint density at radius 3 is 2.65 bits per heavy atom. The topological polar surface area (TPSA) is 58.7 Å². The molecule has 2 rings (SSSR count). The summed E-state index contributed by atoms with van der Waals surface area (Å²) in [5.74, 6) is -0.989. The lowest BCUT2D eigenvalue weighted by atomic mass is 9.92. The van der Waals surface area contributed by atoms with Crippen LogP contribution in [0.4, 0.5) is 0 Å². The van der Waals surface area contributed by atoms with Crippen LogP contribution in [0.25, 0.3) is 0 Å². The number of rotatable bonds is 4. The molecule has 0 N–H and O–H groups in total. The number of nitriles is 1. The minimum atomic E-state index is -0.794. The number of carbonyl (C=O) groups is 1. The summed E-state index contributed by atoms with van der Waals surface area (Å²) in [6.07, 6.45) is 2.35. The standard InChI is InChI=1S/C15H14BrN3O/c1-3-14-13(9-19(2)18-14)15(20)12(8-17)10-4-6-11(16)7-5-10/h4-7,9,12H,3H2,1-2H3. The zero-order valence-electron chi connectivity index (χ0n) is 11.3. The van der Waals surface area contributed by atoms with E-state index in [9.17, 15) is 10.1 Å². The summed E-state index contributed by atoms with van der Waals surface area (Å²) in [4.78, 5) is 12.6. The molecule has 0 amide bonds. The van der Waals surface area contributed by atoms with E-state index in [-0.39, 0.29) is 5.78 Å². The summed E-state index contributed by atoms with van der Waals surface area (Å²) in [5.41, 5.74) is 1.96. The minimum absolute atomic E-state index is 0.195. The molecule has 4 nitrogen and oxygen atoms in total. The fourth-order valence-corrected chi connectivity index (χ4v) is 2.36. The van der Waals surface area contributed by atoms with Gasteiger partial charge in [0.1, 0.15) is 5.92 Å². The third kappa shape index (κ3) is 2.81. The van der Waals surface area contributed by atoms with Crippen molar-refractivity contribution in [3.05, 3.63) is 51.8 Å². The lowest BCUT2D eigenvalue weighted by molar-refractivity contribution is 0.0978. The van der Waals surface area contributed by atoms with E-state index in [0.29, 0.717) is 17.5 Å². The van der Waals surface area contributed by atoms with Gasteiger partial charge in [-0.25, -0.2) is 0 Å². The fourth-order valence-electron chi connectivity index (χ4n) is 2.10. The number of Topliss-reactive ketones (excluding diaryl/α,β-unsaturated/α-hetero) is 1. The normalized spacial score (nSPS) is 11.9. The molecule has 1 aromatic carbocycles. The largest absolute Gasteiger partial charge is 0.292 e. The van der Waals surface area contributed by atoms with Gasteiger partial charge in [-0.2, -0.15) is 10.4 Å². The molecule has 2 aromatic rings. The van der Waals surface area contributed by atoms with E-state index < -0.39 is 5.92 Å². The smallest absolute Gasteiger partial charge is 0.187 e. The molecule has 0 fully saturated rings. The van der Waals surface area contributed by atoms with E-state index in [1.54, 1.807) is 30.1 Å². The molecule has 0 aliphatic heterocycles. The molecule has 20 heavy (non-hydrogen) atoms. The molecule has 0 bridgehead atoms. The molecular weight excluding hydrogens is 318 g/mol. The number of ketones is 1. The summed E-state index contributed by atoms with van der Waals surface area (Å²) in [5, 5.41) is 13.6. The Labute approximate surface area is 126 Å². The first-order chi connectivity index (χ1) is 9.56. The van der Waals surface area contributed by atoms with Crippen LogP contribution in [0, 0.1) is 11.3 Å². The average Bonchev–Trinajstić information content (AvgIpc) is 2.82. The van der Waals surface area contributed by atoms with Crippen molar-refractivity contribution in [3.63, 3.8) is 0 Å². The first kappa shape index (κ1) is 14.5. The second-order valence-electron chi connectivity index (χ2n) is 4.49. The predicted octanol–water partition coefficient (Wildman–Crippen LogP) is 3.24. The van der Waals surface area contributed by atoms with Gasteiger partial charge < -0.3 is 0 Å². The van der Waals surface area contributed by atoms with E-state index in [1.807, 2.05) is 19.1 Å². The molecule has 1 heterocycles. The van der Waals surface area contributed by atoms with E-state index >= 15 is 0 Å². The summed E-state index contributed by atoms with van der Waals surface area (Å²) in [7, 11) is 1.77. The zero-order chi connectivity index (χ0) is 14.7. The number of hydrogen-bond donors (Lipinski definition) is 0.